The van der Waals surface area contributed by atoms with Gasteiger partial charge in [-0.05, 0) is 77.4 Å². The lowest BCUT2D eigenvalue weighted by Gasteiger charge is -2.18. The molecule has 1 heteroatoms. The third kappa shape index (κ3) is 4.33. The molecule has 10 rings (SSSR count). The number of hydrogen-bond donors (Lipinski definition) is 0. The maximum absolute atomic E-state index is 10.0. The standard InChI is InChI=1S/C48H30O/c1-3-14-31(15-4-1)34-27-29-44-43(30-34)47(48(49-44)42-25-13-24-36-35-19-8-7-16-32(35)26-28-37(36)42)46-40-22-11-9-20-38(40)45(33-17-5-2-6-18-33)39-21-10-12-23-41(39)46/h1-30H/i1D,2D,3D,4D,5D,6D,7D,8D,9D,10D,11D,12D,13D,14D,15D,16D,17D,18D,19D,20D,21D,22D,23D,24D,25D,26D,27D,28D,29D,30D. The lowest BCUT2D eigenvalue weighted by atomic mass is 9.84. The molecule has 9 aromatic carbocycles. The first-order valence-corrected chi connectivity index (χ1v) is 14.4. The summed E-state index contributed by atoms with van der Waals surface area (Å²) in [6.07, 6.45) is 0. The molecule has 1 heterocycles. The van der Waals surface area contributed by atoms with Gasteiger partial charge in [-0.2, -0.15) is 0 Å². The van der Waals surface area contributed by atoms with E-state index in [1.165, 1.54) is 0 Å². The fourth-order valence-electron chi connectivity index (χ4n) is 5.94. The zero-order chi connectivity index (χ0) is 58.4. The molecule has 10 aromatic rings. The van der Waals surface area contributed by atoms with Crippen LogP contribution >= 0.6 is 0 Å². The second-order valence-corrected chi connectivity index (χ2v) is 10.5. The van der Waals surface area contributed by atoms with Crippen molar-refractivity contribution in [3.8, 4) is 44.7 Å². The van der Waals surface area contributed by atoms with Crippen LogP contribution in [-0.2, 0) is 0 Å². The molecule has 1 nitrogen and oxygen atoms in total. The van der Waals surface area contributed by atoms with Gasteiger partial charge in [-0.1, -0.05) is 169 Å². The van der Waals surface area contributed by atoms with Crippen LogP contribution in [-0.4, -0.2) is 0 Å². The molecule has 0 atom stereocenters. The third-order valence-electron chi connectivity index (χ3n) is 7.94. The first kappa shape index (κ1) is 11.1. The van der Waals surface area contributed by atoms with E-state index in [0.29, 0.717) is 0 Å². The van der Waals surface area contributed by atoms with E-state index in [4.69, 9.17) is 29.1 Å². The van der Waals surface area contributed by atoms with Crippen LogP contribution in [0.2, 0.25) is 0 Å². The molecular weight excluding hydrogens is 593 g/mol. The van der Waals surface area contributed by atoms with Crippen molar-refractivity contribution in [2.24, 2.45) is 0 Å². The van der Waals surface area contributed by atoms with Gasteiger partial charge < -0.3 is 4.42 Å². The van der Waals surface area contributed by atoms with E-state index in [-0.39, 0.29) is 0 Å². The van der Waals surface area contributed by atoms with Crippen LogP contribution < -0.4 is 0 Å². The van der Waals surface area contributed by atoms with Gasteiger partial charge in [0.2, 0.25) is 0 Å². The Hall–Kier alpha value is -6.44. The highest BCUT2D eigenvalue weighted by atomic mass is 16.3. The molecule has 0 aliphatic carbocycles. The molecule has 49 heavy (non-hydrogen) atoms. The number of rotatable bonds is 4. The van der Waals surface area contributed by atoms with Gasteiger partial charge in [0.05, 0.1) is 41.1 Å². The van der Waals surface area contributed by atoms with Crippen LogP contribution in [0.5, 0.6) is 0 Å². The van der Waals surface area contributed by atoms with E-state index in [1.807, 2.05) is 0 Å². The summed E-state index contributed by atoms with van der Waals surface area (Å²) in [5, 5.41) is -6.78. The van der Waals surface area contributed by atoms with Crippen LogP contribution in [0.15, 0.2) is 186 Å². The van der Waals surface area contributed by atoms with Gasteiger partial charge in [0, 0.05) is 22.1 Å². The molecule has 0 amide bonds. The molecule has 0 saturated carbocycles. The monoisotopic (exact) mass is 652 g/mol. The third-order valence-corrected chi connectivity index (χ3v) is 7.94. The van der Waals surface area contributed by atoms with Crippen LogP contribution in [0.4, 0.5) is 0 Å². The summed E-state index contributed by atoms with van der Waals surface area (Å²) < 4.78 is 278. The van der Waals surface area contributed by atoms with Crippen molar-refractivity contribution in [3.63, 3.8) is 0 Å². The van der Waals surface area contributed by atoms with Crippen molar-refractivity contribution in [1.82, 2.24) is 0 Å². The summed E-state index contributed by atoms with van der Waals surface area (Å²) in [6.45, 7) is 0. The Morgan fingerprint density at radius 1 is 0.327 bits per heavy atom. The summed E-state index contributed by atoms with van der Waals surface area (Å²) in [7, 11) is 0. The maximum Gasteiger partial charge on any atom is 0.143 e. The molecule has 0 spiro atoms. The summed E-state index contributed by atoms with van der Waals surface area (Å²) in [4.78, 5) is 0. The van der Waals surface area contributed by atoms with Gasteiger partial charge >= 0.3 is 0 Å². The minimum absolute atomic E-state index is 0.610. The van der Waals surface area contributed by atoms with E-state index in [0.717, 1.165) is 0 Å². The second-order valence-electron chi connectivity index (χ2n) is 10.5. The summed E-state index contributed by atoms with van der Waals surface area (Å²) in [6, 6.07) is -30.0. The first-order valence-electron chi connectivity index (χ1n) is 29.4. The number of furan rings is 1. The van der Waals surface area contributed by atoms with Crippen LogP contribution in [0.25, 0.3) is 98.8 Å². The van der Waals surface area contributed by atoms with Gasteiger partial charge in [-0.3, -0.25) is 0 Å². The molecule has 0 N–H and O–H groups in total. The Morgan fingerprint density at radius 2 is 0.898 bits per heavy atom. The van der Waals surface area contributed by atoms with Gasteiger partial charge in [0.1, 0.15) is 11.3 Å². The van der Waals surface area contributed by atoms with Crippen LogP contribution in [0, 0.1) is 0 Å². The minimum atomic E-state index is -1.09. The molecule has 228 valence electrons. The Bertz CT molecular complexity index is 4460. The molecule has 0 aliphatic rings. The fourth-order valence-corrected chi connectivity index (χ4v) is 5.94. The van der Waals surface area contributed by atoms with E-state index in [2.05, 4.69) is 0 Å². The molecule has 0 saturated heterocycles. The van der Waals surface area contributed by atoms with Crippen LogP contribution in [0.3, 0.4) is 0 Å². The summed E-state index contributed by atoms with van der Waals surface area (Å²) in [5.41, 5.74) is -6.82. The molecule has 0 radical (unpaired) electrons. The first-order chi connectivity index (χ1) is 36.8. The summed E-state index contributed by atoms with van der Waals surface area (Å²) >= 11 is 0. The van der Waals surface area contributed by atoms with Gasteiger partial charge in [-0.15, -0.1) is 0 Å². The van der Waals surface area contributed by atoms with Crippen molar-refractivity contribution in [3.05, 3.63) is 181 Å². The predicted octanol–water partition coefficient (Wildman–Crippen LogP) is 13.7. The quantitative estimate of drug-likeness (QED) is 0.136. The molecular formula is C48H30O. The summed E-state index contributed by atoms with van der Waals surface area (Å²) in [5.74, 6) is -0.982. The van der Waals surface area contributed by atoms with Crippen molar-refractivity contribution in [2.75, 3.05) is 0 Å². The lowest BCUT2D eigenvalue weighted by molar-refractivity contribution is 0.633. The van der Waals surface area contributed by atoms with Crippen molar-refractivity contribution in [1.29, 1.82) is 0 Å². The van der Waals surface area contributed by atoms with Crippen molar-refractivity contribution < 1.29 is 45.5 Å². The van der Waals surface area contributed by atoms with E-state index >= 15 is 0 Å². The number of hydrogen-bond acceptors (Lipinski definition) is 1. The topological polar surface area (TPSA) is 13.1 Å². The maximum atomic E-state index is 10.0. The Morgan fingerprint density at radius 3 is 1.59 bits per heavy atom. The smallest absolute Gasteiger partial charge is 0.143 e. The normalized spacial score (nSPS) is 20.2. The number of fused-ring (bicyclic) bond motifs is 6. The average molecular weight is 653 g/mol. The van der Waals surface area contributed by atoms with E-state index in [1.54, 1.807) is 0 Å². The zero-order valence-electron chi connectivity index (χ0n) is 54.4. The largest absolute Gasteiger partial charge is 0.455 e. The minimum Gasteiger partial charge on any atom is -0.455 e. The Kier molecular flexibility index (Phi) is 2.50. The van der Waals surface area contributed by atoms with E-state index in [9.17, 15) is 16.4 Å². The average Bonchev–Trinajstić information content (AvgIpc) is 3.90. The highest BCUT2D eigenvalue weighted by Gasteiger charge is 2.25. The highest BCUT2D eigenvalue weighted by Crippen LogP contribution is 2.51. The molecule has 0 unspecified atom stereocenters. The Labute approximate surface area is 326 Å². The molecule has 0 bridgehead atoms. The lowest BCUT2D eigenvalue weighted by Crippen LogP contribution is -1.92. The van der Waals surface area contributed by atoms with Crippen molar-refractivity contribution >= 4 is 54.1 Å². The van der Waals surface area contributed by atoms with Crippen LogP contribution in [0.1, 0.15) is 41.1 Å². The SMILES string of the molecule is [2H]c1c([2H])c([2H])c(-c2c([2H])c([2H])c3oc(-c4c([2H])c([2H])c([2H])c5c4c([2H])c([2H])c4c([2H])c([2H])c([2H])c([2H])c45)c(-c4c5c([2H])c([2H])c([2H])c([2H])c5c(-c5c([2H])c([2H])c([2H])c([2H])c5[2H])c5c([2H])c([2H])c([2H])c([2H])c45)c3c2[2H])c([2H])c1[2H]. The van der Waals surface area contributed by atoms with Crippen molar-refractivity contribution in [2.45, 2.75) is 0 Å². The van der Waals surface area contributed by atoms with Gasteiger partial charge in [-0.25, -0.2) is 0 Å². The van der Waals surface area contributed by atoms with Gasteiger partial charge in [0.15, 0.2) is 0 Å². The molecule has 1 aromatic heterocycles. The second kappa shape index (κ2) is 11.1. The van der Waals surface area contributed by atoms with E-state index < -0.39 is 280 Å². The zero-order valence-corrected chi connectivity index (χ0v) is 24.4. The number of benzene rings is 9. The molecule has 0 fully saturated rings. The Balaban J connectivity index is 1.64. The fraction of sp³-hybridized carbons (Fsp3) is 0. The highest BCUT2D eigenvalue weighted by molar-refractivity contribution is 6.26. The van der Waals surface area contributed by atoms with Gasteiger partial charge in [0.25, 0.3) is 0 Å². The molecule has 0 aliphatic heterocycles. The predicted molar refractivity (Wildman–Crippen MR) is 208 cm³/mol.